The normalized spacial score (nSPS) is 10.7. The number of para-hydroxylation sites is 1. The Balaban J connectivity index is 1.73. The summed E-state index contributed by atoms with van der Waals surface area (Å²) < 4.78 is 12.3. The zero-order valence-electron chi connectivity index (χ0n) is 18.8. The molecule has 1 aromatic heterocycles. The fourth-order valence-electron chi connectivity index (χ4n) is 3.68. The predicted octanol–water partition coefficient (Wildman–Crippen LogP) is 4.92. The third kappa shape index (κ3) is 5.15. The topological polar surface area (TPSA) is 81.6 Å². The summed E-state index contributed by atoms with van der Waals surface area (Å²) in [6, 6.07) is 21.7. The fraction of sp³-hybridized carbons (Fsp3) is 0.154. The summed E-state index contributed by atoms with van der Waals surface area (Å²) in [4.78, 5) is 26.3. The number of amides is 1. The molecular weight excluding hydrogens is 454 g/mol. The van der Waals surface area contributed by atoms with Gasteiger partial charge in [0.15, 0.2) is 11.5 Å². The largest absolute Gasteiger partial charge is 0.493 e. The van der Waals surface area contributed by atoms with Gasteiger partial charge in [0.1, 0.15) is 6.54 Å². The van der Waals surface area contributed by atoms with E-state index in [0.717, 1.165) is 11.1 Å². The molecule has 0 unspecified atom stereocenters. The van der Waals surface area contributed by atoms with Crippen LogP contribution in [0.5, 0.6) is 11.5 Å². The first-order chi connectivity index (χ1) is 16.5. The molecule has 0 aliphatic rings. The summed E-state index contributed by atoms with van der Waals surface area (Å²) in [6.07, 6.45) is 0. The highest BCUT2D eigenvalue weighted by Crippen LogP contribution is 2.32. The van der Waals surface area contributed by atoms with Gasteiger partial charge < -0.3 is 20.1 Å². The van der Waals surface area contributed by atoms with Crippen molar-refractivity contribution in [2.45, 2.75) is 13.1 Å². The summed E-state index contributed by atoms with van der Waals surface area (Å²) in [5, 5.41) is 7.39. The number of ether oxygens (including phenoxy) is 2. The van der Waals surface area contributed by atoms with Crippen LogP contribution in [0.25, 0.3) is 10.9 Å². The Morgan fingerprint density at radius 2 is 1.59 bits per heavy atom. The SMILES string of the molecule is COc1cc2cc(CNc3ccccc3)c(=O)n(CC(=O)Nc3ccc(Cl)cc3)c2cc1OC. The highest BCUT2D eigenvalue weighted by atomic mass is 35.5. The lowest BCUT2D eigenvalue weighted by molar-refractivity contribution is -0.116. The van der Waals surface area contributed by atoms with Gasteiger partial charge in [0.2, 0.25) is 5.91 Å². The lowest BCUT2D eigenvalue weighted by Crippen LogP contribution is -2.30. The number of aromatic nitrogens is 1. The van der Waals surface area contributed by atoms with Gasteiger partial charge in [0.25, 0.3) is 5.56 Å². The molecule has 2 N–H and O–H groups in total. The molecule has 1 amide bonds. The van der Waals surface area contributed by atoms with Crippen molar-refractivity contribution in [3.63, 3.8) is 0 Å². The quantitative estimate of drug-likeness (QED) is 0.376. The minimum absolute atomic E-state index is 0.174. The molecule has 0 fully saturated rings. The summed E-state index contributed by atoms with van der Waals surface area (Å²) in [6.45, 7) is 0.124. The molecule has 0 aliphatic carbocycles. The van der Waals surface area contributed by atoms with Gasteiger partial charge in [-0.25, -0.2) is 0 Å². The van der Waals surface area contributed by atoms with Crippen LogP contribution >= 0.6 is 11.6 Å². The Bertz CT molecular complexity index is 1370. The van der Waals surface area contributed by atoms with E-state index in [2.05, 4.69) is 10.6 Å². The van der Waals surface area contributed by atoms with Gasteiger partial charge >= 0.3 is 0 Å². The number of carbonyl (C=O) groups excluding carboxylic acids is 1. The number of pyridine rings is 1. The summed E-state index contributed by atoms with van der Waals surface area (Å²) >= 11 is 5.92. The van der Waals surface area contributed by atoms with E-state index in [1.165, 1.54) is 11.7 Å². The molecule has 8 heteroatoms. The molecule has 0 saturated heterocycles. The smallest absolute Gasteiger partial charge is 0.256 e. The highest BCUT2D eigenvalue weighted by molar-refractivity contribution is 6.30. The van der Waals surface area contributed by atoms with Crippen LogP contribution in [0.2, 0.25) is 5.02 Å². The van der Waals surface area contributed by atoms with E-state index < -0.39 is 0 Å². The Labute approximate surface area is 201 Å². The van der Waals surface area contributed by atoms with E-state index in [9.17, 15) is 9.59 Å². The van der Waals surface area contributed by atoms with Crippen molar-refractivity contribution in [2.75, 3.05) is 24.9 Å². The summed E-state index contributed by atoms with van der Waals surface area (Å²) in [5.74, 6) is 0.665. The number of benzene rings is 3. The van der Waals surface area contributed by atoms with Gasteiger partial charge in [-0.15, -0.1) is 0 Å². The Hall–Kier alpha value is -3.97. The van der Waals surface area contributed by atoms with Gasteiger partial charge in [-0.2, -0.15) is 0 Å². The third-order valence-corrected chi connectivity index (χ3v) is 5.61. The average Bonchev–Trinajstić information content (AvgIpc) is 2.86. The number of halogens is 1. The van der Waals surface area contributed by atoms with E-state index >= 15 is 0 Å². The van der Waals surface area contributed by atoms with E-state index in [-0.39, 0.29) is 18.0 Å². The maximum Gasteiger partial charge on any atom is 0.256 e. The number of nitrogens with one attached hydrogen (secondary N) is 2. The van der Waals surface area contributed by atoms with Crippen LogP contribution in [0.3, 0.4) is 0 Å². The van der Waals surface area contributed by atoms with Crippen LogP contribution in [0.15, 0.2) is 77.6 Å². The molecule has 0 bridgehead atoms. The minimum atomic E-state index is -0.339. The summed E-state index contributed by atoms with van der Waals surface area (Å²) in [5.41, 5.74) is 2.30. The molecule has 0 atom stereocenters. The number of hydrogen-bond acceptors (Lipinski definition) is 5. The van der Waals surface area contributed by atoms with E-state index in [1.807, 2.05) is 36.4 Å². The Morgan fingerprint density at radius 3 is 2.26 bits per heavy atom. The number of rotatable bonds is 8. The molecular formula is C26H24ClN3O4. The number of nitrogens with zero attached hydrogens (tertiary/aromatic N) is 1. The summed E-state index contributed by atoms with van der Waals surface area (Å²) in [7, 11) is 3.08. The van der Waals surface area contributed by atoms with Crippen molar-refractivity contribution in [1.29, 1.82) is 0 Å². The number of methoxy groups -OCH3 is 2. The molecule has 1 heterocycles. The standard InChI is InChI=1S/C26H24ClN3O4/c1-33-23-13-17-12-18(15-28-20-6-4-3-5-7-20)26(32)30(22(17)14-24(23)34-2)16-25(31)29-21-10-8-19(27)9-11-21/h3-14,28H,15-16H2,1-2H3,(H,29,31). The number of anilines is 2. The van der Waals surface area contributed by atoms with Crippen LogP contribution in [0, 0.1) is 0 Å². The van der Waals surface area contributed by atoms with Crippen LogP contribution < -0.4 is 25.7 Å². The van der Waals surface area contributed by atoms with Crippen molar-refractivity contribution < 1.29 is 14.3 Å². The van der Waals surface area contributed by atoms with Crippen LogP contribution in [0.4, 0.5) is 11.4 Å². The van der Waals surface area contributed by atoms with E-state index in [0.29, 0.717) is 39.8 Å². The molecule has 4 rings (SSSR count). The van der Waals surface area contributed by atoms with Gasteiger partial charge in [-0.3, -0.25) is 14.2 Å². The van der Waals surface area contributed by atoms with E-state index in [4.69, 9.17) is 21.1 Å². The van der Waals surface area contributed by atoms with Gasteiger partial charge in [-0.05, 0) is 48.5 Å². The van der Waals surface area contributed by atoms with Crippen LogP contribution in [-0.2, 0) is 17.9 Å². The van der Waals surface area contributed by atoms with Crippen molar-refractivity contribution >= 4 is 39.8 Å². The van der Waals surface area contributed by atoms with Crippen molar-refractivity contribution in [3.8, 4) is 11.5 Å². The van der Waals surface area contributed by atoms with Gasteiger partial charge in [-0.1, -0.05) is 29.8 Å². The maximum atomic E-state index is 13.4. The van der Waals surface area contributed by atoms with Crippen LogP contribution in [-0.4, -0.2) is 24.7 Å². The number of hydrogen-bond donors (Lipinski definition) is 2. The molecule has 0 aliphatic heterocycles. The molecule has 0 saturated carbocycles. The maximum absolute atomic E-state index is 13.4. The molecule has 174 valence electrons. The van der Waals surface area contributed by atoms with Gasteiger partial charge in [0.05, 0.1) is 19.7 Å². The van der Waals surface area contributed by atoms with Crippen molar-refractivity contribution in [2.24, 2.45) is 0 Å². The molecule has 7 nitrogen and oxygen atoms in total. The minimum Gasteiger partial charge on any atom is -0.493 e. The van der Waals surface area contributed by atoms with Gasteiger partial charge in [0, 0.05) is 40.0 Å². The molecule has 0 radical (unpaired) electrons. The lowest BCUT2D eigenvalue weighted by atomic mass is 10.1. The molecule has 34 heavy (non-hydrogen) atoms. The third-order valence-electron chi connectivity index (χ3n) is 5.36. The first-order valence-corrected chi connectivity index (χ1v) is 11.0. The van der Waals surface area contributed by atoms with Crippen molar-refractivity contribution in [1.82, 2.24) is 4.57 Å². The second-order valence-corrected chi connectivity index (χ2v) is 8.04. The Morgan fingerprint density at radius 1 is 0.912 bits per heavy atom. The van der Waals surface area contributed by atoms with Crippen molar-refractivity contribution in [3.05, 3.63) is 93.7 Å². The molecule has 4 aromatic rings. The first kappa shape index (κ1) is 23.2. The number of carbonyl (C=O) groups is 1. The van der Waals surface area contributed by atoms with E-state index in [1.54, 1.807) is 43.5 Å². The second-order valence-electron chi connectivity index (χ2n) is 7.60. The Kier molecular flexibility index (Phi) is 7.04. The zero-order chi connectivity index (χ0) is 24.1. The highest BCUT2D eigenvalue weighted by Gasteiger charge is 2.16. The predicted molar refractivity (Wildman–Crippen MR) is 135 cm³/mol. The zero-order valence-corrected chi connectivity index (χ0v) is 19.6. The average molecular weight is 478 g/mol. The number of fused-ring (bicyclic) bond motifs is 1. The first-order valence-electron chi connectivity index (χ1n) is 10.6. The molecule has 3 aromatic carbocycles. The second kappa shape index (κ2) is 10.3. The monoisotopic (exact) mass is 477 g/mol. The lowest BCUT2D eigenvalue weighted by Gasteiger charge is -2.16. The molecule has 0 spiro atoms. The fourth-order valence-corrected chi connectivity index (χ4v) is 3.81. The van der Waals surface area contributed by atoms with Crippen LogP contribution in [0.1, 0.15) is 5.56 Å².